The molecule has 1 aliphatic rings. The highest BCUT2D eigenvalue weighted by atomic mass is 19.1. The van der Waals surface area contributed by atoms with E-state index in [1.54, 1.807) is 12.1 Å². The van der Waals surface area contributed by atoms with Gasteiger partial charge in [-0.2, -0.15) is 5.10 Å². The second-order valence-electron chi connectivity index (χ2n) is 5.93. The van der Waals surface area contributed by atoms with Crippen LogP contribution in [0.1, 0.15) is 29.4 Å². The van der Waals surface area contributed by atoms with Crippen LogP contribution in [0.5, 0.6) is 0 Å². The molecule has 2 N–H and O–H groups in total. The number of H-pyrrole nitrogens is 1. The Morgan fingerprint density at radius 3 is 2.67 bits per heavy atom. The first kappa shape index (κ1) is 16.2. The Morgan fingerprint density at radius 2 is 2.04 bits per heavy atom. The maximum absolute atomic E-state index is 13.0. The molecule has 2 aromatic rings. The summed E-state index contributed by atoms with van der Waals surface area (Å²) in [5.41, 5.74) is 4.15. The van der Waals surface area contributed by atoms with Crippen LogP contribution in [-0.2, 0) is 16.2 Å². The quantitative estimate of drug-likeness (QED) is 0.902. The van der Waals surface area contributed by atoms with Gasteiger partial charge >= 0.3 is 0 Å². The number of amides is 1. The van der Waals surface area contributed by atoms with Gasteiger partial charge in [-0.05, 0) is 31.5 Å². The topological polar surface area (TPSA) is 79.4 Å². The van der Waals surface area contributed by atoms with Gasteiger partial charge in [0.2, 0.25) is 6.10 Å². The van der Waals surface area contributed by atoms with Crippen molar-refractivity contribution in [1.29, 1.82) is 0 Å². The monoisotopic (exact) mass is 330 g/mol. The summed E-state index contributed by atoms with van der Waals surface area (Å²) < 4.78 is 13.0. The van der Waals surface area contributed by atoms with Crippen molar-refractivity contribution in [3.8, 4) is 0 Å². The average Bonchev–Trinajstić information content (AvgIpc) is 3.09. The number of benzene rings is 1. The van der Waals surface area contributed by atoms with E-state index in [-0.39, 0.29) is 17.6 Å². The van der Waals surface area contributed by atoms with Crippen molar-refractivity contribution in [2.75, 3.05) is 0 Å². The highest BCUT2D eigenvalue weighted by molar-refractivity contribution is 6.05. The van der Waals surface area contributed by atoms with E-state index in [2.05, 4.69) is 20.7 Å². The number of carbonyl (C=O) groups excluding carboxylic acids is 1. The van der Waals surface area contributed by atoms with E-state index in [4.69, 9.17) is 4.84 Å². The molecule has 0 spiro atoms. The maximum atomic E-state index is 13.0. The number of hydrogen-bond acceptors (Lipinski definition) is 4. The number of nitrogens with one attached hydrogen (secondary N) is 2. The minimum atomic E-state index is -0.697. The molecular formula is C17H19FN4O2. The molecule has 0 saturated carbocycles. The van der Waals surface area contributed by atoms with E-state index in [0.29, 0.717) is 12.3 Å². The molecule has 0 radical (unpaired) electrons. The number of carbonyl (C=O) groups is 1. The Balaban J connectivity index is 1.64. The smallest absolute Gasteiger partial charge is 0.264 e. The lowest BCUT2D eigenvalue weighted by molar-refractivity contribution is -0.132. The molecule has 0 unspecified atom stereocenters. The van der Waals surface area contributed by atoms with Crippen molar-refractivity contribution in [1.82, 2.24) is 15.5 Å². The molecule has 0 fully saturated rings. The van der Waals surface area contributed by atoms with Gasteiger partial charge in [0.15, 0.2) is 0 Å². The molecule has 0 bridgehead atoms. The van der Waals surface area contributed by atoms with Crippen molar-refractivity contribution in [2.24, 2.45) is 11.1 Å². The molecule has 6 nitrogen and oxygen atoms in total. The van der Waals surface area contributed by atoms with Crippen LogP contribution in [0.15, 0.2) is 29.4 Å². The number of aryl methyl sites for hydroxylation is 2. The largest absolute Gasteiger partial charge is 0.381 e. The lowest BCUT2D eigenvalue weighted by atomic mass is 9.93. The number of nitrogens with zero attached hydrogens (tertiary/aromatic N) is 2. The van der Waals surface area contributed by atoms with Crippen LogP contribution in [0, 0.1) is 25.6 Å². The first-order valence-corrected chi connectivity index (χ1v) is 7.75. The van der Waals surface area contributed by atoms with Crippen molar-refractivity contribution in [3.63, 3.8) is 0 Å². The summed E-state index contributed by atoms with van der Waals surface area (Å²) in [5, 5.41) is 13.9. The summed E-state index contributed by atoms with van der Waals surface area (Å²) >= 11 is 0. The number of aromatic amines is 1. The van der Waals surface area contributed by atoms with Crippen LogP contribution in [0.4, 0.5) is 4.39 Å². The summed E-state index contributed by atoms with van der Waals surface area (Å²) in [6, 6.07) is 5.99. The number of oxime groups is 1. The van der Waals surface area contributed by atoms with Gasteiger partial charge in [-0.25, -0.2) is 4.39 Å². The number of rotatable bonds is 4. The zero-order chi connectivity index (χ0) is 17.3. The van der Waals surface area contributed by atoms with Gasteiger partial charge in [-0.3, -0.25) is 9.89 Å². The van der Waals surface area contributed by atoms with E-state index < -0.39 is 6.10 Å². The molecule has 126 valence electrons. The second kappa shape index (κ2) is 6.43. The fourth-order valence-electron chi connectivity index (χ4n) is 2.75. The summed E-state index contributed by atoms with van der Waals surface area (Å²) in [6.45, 7) is 6.04. The van der Waals surface area contributed by atoms with Crippen molar-refractivity contribution in [3.05, 3.63) is 52.6 Å². The molecule has 1 aromatic carbocycles. The first-order chi connectivity index (χ1) is 11.5. The Bertz CT molecular complexity index is 763. The third-order valence-corrected chi connectivity index (χ3v) is 4.27. The zero-order valence-corrected chi connectivity index (χ0v) is 13.8. The number of halogens is 1. The molecule has 2 atom stereocenters. The molecule has 24 heavy (non-hydrogen) atoms. The van der Waals surface area contributed by atoms with E-state index in [1.165, 1.54) is 12.1 Å². The van der Waals surface area contributed by atoms with E-state index in [1.807, 2.05) is 20.8 Å². The molecule has 0 aliphatic carbocycles. The van der Waals surface area contributed by atoms with E-state index in [0.717, 1.165) is 22.5 Å². The SMILES string of the molecule is Cc1n[nH]c(C)c1CNC(=O)[C@@H]1ON=C(c2ccc(F)cc2)[C@H]1C. The minimum Gasteiger partial charge on any atom is -0.381 e. The number of aromatic nitrogens is 2. The second-order valence-corrected chi connectivity index (χ2v) is 5.93. The molecule has 0 saturated heterocycles. The van der Waals surface area contributed by atoms with Gasteiger partial charge in [0.1, 0.15) is 5.82 Å². The fourth-order valence-corrected chi connectivity index (χ4v) is 2.75. The van der Waals surface area contributed by atoms with Crippen LogP contribution in [0.3, 0.4) is 0 Å². The summed E-state index contributed by atoms with van der Waals surface area (Å²) in [6.07, 6.45) is -0.697. The van der Waals surface area contributed by atoms with Gasteiger partial charge in [-0.15, -0.1) is 0 Å². The predicted molar refractivity (Wildman–Crippen MR) is 86.9 cm³/mol. The Morgan fingerprint density at radius 1 is 1.33 bits per heavy atom. The number of hydrogen-bond donors (Lipinski definition) is 2. The Labute approximate surface area is 139 Å². The molecule has 1 aromatic heterocycles. The normalized spacial score (nSPS) is 19.8. The van der Waals surface area contributed by atoms with Crippen LogP contribution in [0.2, 0.25) is 0 Å². The summed E-state index contributed by atoms with van der Waals surface area (Å²) in [5.74, 6) is -0.767. The first-order valence-electron chi connectivity index (χ1n) is 7.75. The highest BCUT2D eigenvalue weighted by Gasteiger charge is 2.36. The van der Waals surface area contributed by atoms with Crippen molar-refractivity contribution >= 4 is 11.6 Å². The molecule has 1 amide bonds. The van der Waals surface area contributed by atoms with Gasteiger partial charge in [0, 0.05) is 17.8 Å². The Hall–Kier alpha value is -2.70. The average molecular weight is 330 g/mol. The third kappa shape index (κ3) is 3.02. The lowest BCUT2D eigenvalue weighted by Gasteiger charge is -2.14. The summed E-state index contributed by atoms with van der Waals surface area (Å²) in [4.78, 5) is 17.7. The van der Waals surface area contributed by atoms with Gasteiger partial charge in [-0.1, -0.05) is 24.2 Å². The van der Waals surface area contributed by atoms with Gasteiger partial charge < -0.3 is 10.2 Å². The molecule has 2 heterocycles. The Kier molecular flexibility index (Phi) is 4.33. The zero-order valence-electron chi connectivity index (χ0n) is 13.8. The minimum absolute atomic E-state index is 0.220. The highest BCUT2D eigenvalue weighted by Crippen LogP contribution is 2.23. The van der Waals surface area contributed by atoms with Crippen LogP contribution >= 0.6 is 0 Å². The lowest BCUT2D eigenvalue weighted by Crippen LogP contribution is -2.39. The van der Waals surface area contributed by atoms with Gasteiger partial charge in [0.05, 0.1) is 17.3 Å². The van der Waals surface area contributed by atoms with Crippen LogP contribution in [0.25, 0.3) is 0 Å². The van der Waals surface area contributed by atoms with Crippen molar-refractivity contribution in [2.45, 2.75) is 33.4 Å². The van der Waals surface area contributed by atoms with Crippen LogP contribution < -0.4 is 5.32 Å². The van der Waals surface area contributed by atoms with E-state index >= 15 is 0 Å². The van der Waals surface area contributed by atoms with Crippen LogP contribution in [-0.4, -0.2) is 27.9 Å². The molecule has 7 heteroatoms. The predicted octanol–water partition coefficient (Wildman–Crippen LogP) is 2.22. The van der Waals surface area contributed by atoms with Crippen molar-refractivity contribution < 1.29 is 14.0 Å². The molecular weight excluding hydrogens is 311 g/mol. The molecule has 3 rings (SSSR count). The fraction of sp³-hybridized carbons (Fsp3) is 0.353. The summed E-state index contributed by atoms with van der Waals surface area (Å²) in [7, 11) is 0. The molecule has 1 aliphatic heterocycles. The van der Waals surface area contributed by atoms with Gasteiger partial charge in [0.25, 0.3) is 5.91 Å². The van der Waals surface area contributed by atoms with E-state index in [9.17, 15) is 9.18 Å². The maximum Gasteiger partial charge on any atom is 0.264 e. The standard InChI is InChI=1S/C17H19FN4O2/c1-9-15(12-4-6-13(18)7-5-12)22-24-16(9)17(23)19-8-14-10(2)20-21-11(14)3/h4-7,9,16H,8H2,1-3H3,(H,19,23)(H,20,21)/t9-,16-/m1/s1. The third-order valence-electron chi connectivity index (χ3n) is 4.27.